The van der Waals surface area contributed by atoms with Crippen LogP contribution in [0.3, 0.4) is 0 Å². The van der Waals surface area contributed by atoms with Gasteiger partial charge in [-0.1, -0.05) is 23.7 Å². The van der Waals surface area contributed by atoms with Gasteiger partial charge in [0.05, 0.1) is 11.4 Å². The van der Waals surface area contributed by atoms with Crippen LogP contribution in [0, 0.1) is 0 Å². The fraction of sp³-hybridized carbons (Fsp3) is 0.316. The molecule has 0 aliphatic heterocycles. The Morgan fingerprint density at radius 2 is 1.88 bits per heavy atom. The highest BCUT2D eigenvalue weighted by Crippen LogP contribution is 2.24. The van der Waals surface area contributed by atoms with E-state index in [4.69, 9.17) is 16.3 Å². The first kappa shape index (κ1) is 18.7. The van der Waals surface area contributed by atoms with E-state index in [0.29, 0.717) is 11.6 Å². The number of benzene rings is 2. The summed E-state index contributed by atoms with van der Waals surface area (Å²) >= 11 is 7.39. The number of nitrogens with one attached hydrogen (secondary N) is 1. The minimum absolute atomic E-state index is 0.00475. The Balaban J connectivity index is 1.86. The minimum Gasteiger partial charge on any atom is -0.491 e. The van der Waals surface area contributed by atoms with E-state index in [9.17, 15) is 4.79 Å². The first-order valence-corrected chi connectivity index (χ1v) is 9.15. The van der Waals surface area contributed by atoms with Gasteiger partial charge >= 0.3 is 0 Å². The Morgan fingerprint density at radius 1 is 1.17 bits per heavy atom. The first-order chi connectivity index (χ1) is 11.4. The van der Waals surface area contributed by atoms with Crippen LogP contribution in [0.15, 0.2) is 53.4 Å². The van der Waals surface area contributed by atoms with Gasteiger partial charge in [-0.15, -0.1) is 11.8 Å². The molecule has 1 amide bonds. The summed E-state index contributed by atoms with van der Waals surface area (Å²) < 4.78 is 5.67. The molecule has 0 saturated carbocycles. The Hall–Kier alpha value is -1.65. The van der Waals surface area contributed by atoms with Gasteiger partial charge in [0.25, 0.3) is 0 Å². The van der Waals surface area contributed by atoms with Crippen molar-refractivity contribution in [3.8, 4) is 5.75 Å². The molecule has 0 aliphatic rings. The van der Waals surface area contributed by atoms with Crippen LogP contribution in [-0.4, -0.2) is 17.3 Å². The van der Waals surface area contributed by atoms with Crippen molar-refractivity contribution in [2.75, 3.05) is 0 Å². The number of ether oxygens (including phenoxy) is 1. The molecule has 5 heteroatoms. The zero-order chi connectivity index (χ0) is 17.5. The van der Waals surface area contributed by atoms with Gasteiger partial charge in [-0.05, 0) is 62.7 Å². The van der Waals surface area contributed by atoms with Gasteiger partial charge in [-0.25, -0.2) is 0 Å². The summed E-state index contributed by atoms with van der Waals surface area (Å²) in [6.07, 6.45) is 0.130. The van der Waals surface area contributed by atoms with Crippen molar-refractivity contribution in [1.29, 1.82) is 0 Å². The number of amides is 1. The average molecular weight is 364 g/mol. The highest BCUT2D eigenvalue weighted by molar-refractivity contribution is 8.00. The molecule has 0 heterocycles. The molecule has 0 fully saturated rings. The fourth-order valence-electron chi connectivity index (χ4n) is 2.10. The number of hydrogen-bond acceptors (Lipinski definition) is 3. The molecule has 0 unspecified atom stereocenters. The van der Waals surface area contributed by atoms with Crippen LogP contribution in [0.2, 0.25) is 5.02 Å². The van der Waals surface area contributed by atoms with Gasteiger partial charge in [-0.2, -0.15) is 0 Å². The number of hydrogen-bond donors (Lipinski definition) is 1. The summed E-state index contributed by atoms with van der Waals surface area (Å²) in [5.74, 6) is 0.825. The summed E-state index contributed by atoms with van der Waals surface area (Å²) in [7, 11) is 0. The molecular weight excluding hydrogens is 342 g/mol. The van der Waals surface area contributed by atoms with Crippen molar-refractivity contribution in [1.82, 2.24) is 5.32 Å². The van der Waals surface area contributed by atoms with Gasteiger partial charge in [0.2, 0.25) is 5.91 Å². The normalized spacial score (nSPS) is 12.0. The predicted molar refractivity (Wildman–Crippen MR) is 101 cm³/mol. The summed E-state index contributed by atoms with van der Waals surface area (Å²) in [4.78, 5) is 13.3. The number of rotatable bonds is 7. The molecule has 0 spiro atoms. The third-order valence-corrected chi connectivity index (χ3v) is 4.60. The smallest absolute Gasteiger partial charge is 0.233 e. The lowest BCUT2D eigenvalue weighted by Crippen LogP contribution is -2.30. The molecule has 2 rings (SSSR count). The number of carbonyl (C=O) groups excluding carboxylic acids is 1. The summed E-state index contributed by atoms with van der Waals surface area (Å²) in [5.41, 5.74) is 1.02. The van der Waals surface area contributed by atoms with E-state index < -0.39 is 0 Å². The van der Waals surface area contributed by atoms with Gasteiger partial charge in [0.15, 0.2) is 0 Å². The zero-order valence-corrected chi connectivity index (χ0v) is 15.7. The van der Waals surface area contributed by atoms with Crippen LogP contribution in [0.5, 0.6) is 5.75 Å². The summed E-state index contributed by atoms with van der Waals surface area (Å²) in [6.45, 7) is 6.36. The Bertz CT molecular complexity index is 673. The van der Waals surface area contributed by atoms with E-state index in [-0.39, 0.29) is 17.3 Å². The third-order valence-electron chi connectivity index (χ3n) is 3.23. The van der Waals surface area contributed by atoms with Gasteiger partial charge < -0.3 is 10.1 Å². The maximum Gasteiger partial charge on any atom is 0.233 e. The molecule has 128 valence electrons. The minimum atomic E-state index is -0.179. The second-order valence-electron chi connectivity index (χ2n) is 5.75. The van der Waals surface area contributed by atoms with E-state index in [1.54, 1.807) is 0 Å². The molecule has 0 bridgehead atoms. The van der Waals surface area contributed by atoms with Gasteiger partial charge in [0, 0.05) is 16.5 Å². The van der Waals surface area contributed by atoms with Crippen molar-refractivity contribution < 1.29 is 9.53 Å². The second kappa shape index (κ2) is 9.00. The van der Waals surface area contributed by atoms with Crippen LogP contribution >= 0.6 is 23.4 Å². The molecular formula is C19H22ClNO2S. The lowest BCUT2D eigenvalue weighted by molar-refractivity contribution is -0.120. The van der Waals surface area contributed by atoms with Crippen molar-refractivity contribution in [2.45, 2.75) is 43.6 Å². The largest absolute Gasteiger partial charge is 0.491 e. The standard InChI is InChI=1S/C19H22ClNO2S/c1-13(2)23-17-6-4-5-15(11-17)12-21-19(22)14(3)24-18-9-7-16(20)8-10-18/h4-11,13-14H,12H2,1-3H3,(H,21,22)/t14-/m0/s1. The van der Waals surface area contributed by atoms with Crippen LogP contribution in [0.4, 0.5) is 0 Å². The quantitative estimate of drug-likeness (QED) is 0.709. The van der Waals surface area contributed by atoms with Crippen molar-refractivity contribution in [3.63, 3.8) is 0 Å². The fourth-order valence-corrected chi connectivity index (χ4v) is 3.12. The summed E-state index contributed by atoms with van der Waals surface area (Å²) in [6, 6.07) is 15.3. The lowest BCUT2D eigenvalue weighted by Gasteiger charge is -2.13. The molecule has 2 aromatic rings. The average Bonchev–Trinajstić information content (AvgIpc) is 2.54. The predicted octanol–water partition coefficient (Wildman–Crippen LogP) is 4.92. The topological polar surface area (TPSA) is 38.3 Å². The van der Waals surface area contributed by atoms with E-state index in [1.165, 1.54) is 11.8 Å². The van der Waals surface area contributed by atoms with E-state index in [2.05, 4.69) is 5.32 Å². The number of carbonyl (C=O) groups is 1. The summed E-state index contributed by atoms with van der Waals surface area (Å²) in [5, 5.41) is 3.48. The van der Waals surface area contributed by atoms with Crippen molar-refractivity contribution in [3.05, 3.63) is 59.1 Å². The SMILES string of the molecule is CC(C)Oc1cccc(CNC(=O)[C@H](C)Sc2ccc(Cl)cc2)c1. The van der Waals surface area contributed by atoms with Crippen molar-refractivity contribution in [2.24, 2.45) is 0 Å². The first-order valence-electron chi connectivity index (χ1n) is 7.89. The number of thioether (sulfide) groups is 1. The van der Waals surface area contributed by atoms with Crippen LogP contribution in [-0.2, 0) is 11.3 Å². The Labute approximate surface area is 152 Å². The molecule has 0 radical (unpaired) electrons. The monoisotopic (exact) mass is 363 g/mol. The second-order valence-corrected chi connectivity index (χ2v) is 7.60. The molecule has 2 aromatic carbocycles. The van der Waals surface area contributed by atoms with Crippen LogP contribution in [0.25, 0.3) is 0 Å². The maximum absolute atomic E-state index is 12.3. The Kier molecular flexibility index (Phi) is 7.00. The third kappa shape index (κ3) is 6.10. The maximum atomic E-state index is 12.3. The van der Waals surface area contributed by atoms with Crippen LogP contribution in [0.1, 0.15) is 26.3 Å². The zero-order valence-electron chi connectivity index (χ0n) is 14.1. The van der Waals surface area contributed by atoms with Gasteiger partial charge in [-0.3, -0.25) is 4.79 Å². The molecule has 0 aromatic heterocycles. The van der Waals surface area contributed by atoms with E-state index in [1.807, 2.05) is 69.3 Å². The molecule has 24 heavy (non-hydrogen) atoms. The molecule has 0 aliphatic carbocycles. The van der Waals surface area contributed by atoms with Crippen LogP contribution < -0.4 is 10.1 Å². The van der Waals surface area contributed by atoms with Gasteiger partial charge in [0.1, 0.15) is 5.75 Å². The molecule has 1 atom stereocenters. The molecule has 1 N–H and O–H groups in total. The highest BCUT2D eigenvalue weighted by Gasteiger charge is 2.14. The highest BCUT2D eigenvalue weighted by atomic mass is 35.5. The van der Waals surface area contributed by atoms with Crippen molar-refractivity contribution >= 4 is 29.3 Å². The number of halogens is 1. The molecule has 3 nitrogen and oxygen atoms in total. The lowest BCUT2D eigenvalue weighted by atomic mass is 10.2. The Morgan fingerprint density at radius 3 is 2.54 bits per heavy atom. The van der Waals surface area contributed by atoms with E-state index >= 15 is 0 Å². The van der Waals surface area contributed by atoms with E-state index in [0.717, 1.165) is 16.2 Å². The molecule has 0 saturated heterocycles.